The van der Waals surface area contributed by atoms with Crippen LogP contribution in [0.2, 0.25) is 0 Å². The Kier molecular flexibility index (Phi) is 6.22. The number of para-hydroxylation sites is 2. The molecule has 0 unspecified atom stereocenters. The molecule has 2 aromatic heterocycles. The van der Waals surface area contributed by atoms with Crippen molar-refractivity contribution in [1.82, 2.24) is 9.55 Å². The minimum atomic E-state index is 0.423. The van der Waals surface area contributed by atoms with E-state index >= 15 is 0 Å². The van der Waals surface area contributed by atoms with E-state index in [0.717, 1.165) is 60.9 Å². The molecular weight excluding hydrogens is 526 g/mol. The molecule has 5 heteroatoms. The van der Waals surface area contributed by atoms with Gasteiger partial charge in [0.1, 0.15) is 0 Å². The number of fused-ring (bicyclic) bond motifs is 3. The Morgan fingerprint density at radius 2 is 1.19 bits per heavy atom. The zero-order valence-electron chi connectivity index (χ0n) is 22.9. The molecule has 198 valence electrons. The van der Waals surface area contributed by atoms with Crippen molar-refractivity contribution in [2.45, 2.75) is 0 Å². The second-order valence-corrected chi connectivity index (χ2v) is 10.2. The highest BCUT2D eigenvalue weighted by Gasteiger charge is 2.21. The zero-order valence-corrected chi connectivity index (χ0v) is 22.9. The van der Waals surface area contributed by atoms with Gasteiger partial charge in [0.15, 0.2) is 0 Å². The van der Waals surface area contributed by atoms with Gasteiger partial charge in [-0.25, -0.2) is 0 Å². The number of rotatable bonds is 4. The molecule has 0 amide bonds. The van der Waals surface area contributed by atoms with Crippen LogP contribution >= 0.6 is 0 Å². The van der Waals surface area contributed by atoms with Crippen molar-refractivity contribution in [3.63, 3.8) is 0 Å². The van der Waals surface area contributed by atoms with Crippen molar-refractivity contribution in [2.75, 3.05) is 0 Å². The molecule has 0 spiro atoms. The van der Waals surface area contributed by atoms with Gasteiger partial charge < -0.3 is 4.57 Å². The molecule has 0 aliphatic carbocycles. The molecule has 0 radical (unpaired) electrons. The van der Waals surface area contributed by atoms with Crippen molar-refractivity contribution < 1.29 is 0 Å². The molecule has 0 bridgehead atoms. The van der Waals surface area contributed by atoms with Gasteiger partial charge in [0.05, 0.1) is 51.6 Å². The van der Waals surface area contributed by atoms with Crippen molar-refractivity contribution in [3.8, 4) is 57.3 Å². The second-order valence-electron chi connectivity index (χ2n) is 10.2. The van der Waals surface area contributed by atoms with Crippen LogP contribution in [0.15, 0.2) is 128 Å². The summed E-state index contributed by atoms with van der Waals surface area (Å²) in [5, 5.41) is 32.0. The normalized spacial score (nSPS) is 10.7. The van der Waals surface area contributed by atoms with Crippen molar-refractivity contribution in [3.05, 3.63) is 144 Å². The number of hydrogen-bond donors (Lipinski definition) is 0. The lowest BCUT2D eigenvalue weighted by atomic mass is 9.93. The molecule has 0 N–H and O–H groups in total. The summed E-state index contributed by atoms with van der Waals surface area (Å²) in [5.74, 6) is 0. The monoisotopic (exact) mass is 547 g/mol. The van der Waals surface area contributed by atoms with E-state index in [1.165, 1.54) is 0 Å². The molecule has 5 aromatic carbocycles. The largest absolute Gasteiger partial charge is 0.308 e. The van der Waals surface area contributed by atoms with Crippen LogP contribution in [0.1, 0.15) is 16.7 Å². The molecule has 0 saturated carbocycles. The van der Waals surface area contributed by atoms with Gasteiger partial charge in [0.25, 0.3) is 0 Å². The second kappa shape index (κ2) is 10.5. The van der Waals surface area contributed by atoms with E-state index in [4.69, 9.17) is 0 Å². The smallest absolute Gasteiger partial charge is 0.0998 e. The van der Waals surface area contributed by atoms with Crippen LogP contribution in [0.5, 0.6) is 0 Å². The first kappa shape index (κ1) is 25.5. The molecule has 5 nitrogen and oxygen atoms in total. The van der Waals surface area contributed by atoms with Crippen LogP contribution in [-0.4, -0.2) is 9.55 Å². The SMILES string of the molecule is N#Cc1cc(C#N)cc(-c2cccc3c4ccccc4n(-c4cc(C#N)c(-c5ccncc5)cc4-c4ccccc4)c23)c1. The Morgan fingerprint density at radius 1 is 0.512 bits per heavy atom. The fraction of sp³-hybridized carbons (Fsp3) is 0. The summed E-state index contributed by atoms with van der Waals surface area (Å²) in [7, 11) is 0. The summed E-state index contributed by atoms with van der Waals surface area (Å²) in [4.78, 5) is 4.17. The van der Waals surface area contributed by atoms with Gasteiger partial charge in [-0.1, -0.05) is 66.7 Å². The summed E-state index contributed by atoms with van der Waals surface area (Å²) in [6.07, 6.45) is 3.47. The predicted octanol–water partition coefficient (Wildman–Crippen LogP) is 8.79. The van der Waals surface area contributed by atoms with E-state index in [-0.39, 0.29) is 0 Å². The summed E-state index contributed by atoms with van der Waals surface area (Å²) >= 11 is 0. The van der Waals surface area contributed by atoms with E-state index in [9.17, 15) is 15.8 Å². The first-order chi connectivity index (χ1) is 21.2. The Bertz CT molecular complexity index is 2280. The number of benzene rings is 5. The standard InChI is InChI=1S/C38H21N5/c39-22-25-17-26(23-40)19-29(18-25)31-10-6-11-33-32-9-4-5-12-36(32)43(38(31)33)37-20-30(24-41)34(28-13-15-42-16-14-28)21-35(37)27-7-2-1-3-8-27/h1-21H. The fourth-order valence-electron chi connectivity index (χ4n) is 5.90. The minimum Gasteiger partial charge on any atom is -0.308 e. The highest BCUT2D eigenvalue weighted by atomic mass is 15.0. The molecule has 0 aliphatic heterocycles. The Morgan fingerprint density at radius 3 is 1.91 bits per heavy atom. The fourth-order valence-corrected chi connectivity index (χ4v) is 5.90. The zero-order chi connectivity index (χ0) is 29.3. The summed E-state index contributed by atoms with van der Waals surface area (Å²) in [5.41, 5.74) is 9.55. The number of hydrogen-bond acceptors (Lipinski definition) is 4. The number of nitriles is 3. The topological polar surface area (TPSA) is 89.2 Å². The van der Waals surface area contributed by atoms with E-state index in [1.54, 1.807) is 18.5 Å². The van der Waals surface area contributed by atoms with Crippen LogP contribution in [0.4, 0.5) is 0 Å². The third-order valence-corrected chi connectivity index (χ3v) is 7.77. The minimum absolute atomic E-state index is 0.423. The lowest BCUT2D eigenvalue weighted by Gasteiger charge is -2.18. The van der Waals surface area contributed by atoms with Crippen LogP contribution in [0, 0.1) is 34.0 Å². The number of pyridine rings is 1. The molecule has 0 atom stereocenters. The summed E-state index contributed by atoms with van der Waals surface area (Å²) < 4.78 is 2.21. The van der Waals surface area contributed by atoms with E-state index in [1.807, 2.05) is 72.8 Å². The quantitative estimate of drug-likeness (QED) is 0.220. The van der Waals surface area contributed by atoms with Gasteiger partial charge in [0.2, 0.25) is 0 Å². The maximum absolute atomic E-state index is 10.4. The van der Waals surface area contributed by atoms with Gasteiger partial charge in [-0.05, 0) is 65.2 Å². The highest BCUT2D eigenvalue weighted by Crippen LogP contribution is 2.42. The Labute approximate surface area is 248 Å². The van der Waals surface area contributed by atoms with E-state index < -0.39 is 0 Å². The molecule has 0 aliphatic rings. The lowest BCUT2D eigenvalue weighted by molar-refractivity contribution is 1.18. The van der Waals surface area contributed by atoms with Gasteiger partial charge >= 0.3 is 0 Å². The van der Waals surface area contributed by atoms with Gasteiger partial charge in [-0.3, -0.25) is 4.98 Å². The predicted molar refractivity (Wildman–Crippen MR) is 169 cm³/mol. The van der Waals surface area contributed by atoms with Gasteiger partial charge in [-0.15, -0.1) is 0 Å². The Balaban J connectivity index is 1.65. The Hall–Kier alpha value is -6.48. The van der Waals surface area contributed by atoms with Crippen molar-refractivity contribution in [1.29, 1.82) is 15.8 Å². The van der Waals surface area contributed by atoms with Crippen molar-refractivity contribution in [2.24, 2.45) is 0 Å². The summed E-state index contributed by atoms with van der Waals surface area (Å²) in [6, 6.07) is 44.5. The molecule has 7 aromatic rings. The third-order valence-electron chi connectivity index (χ3n) is 7.77. The first-order valence-electron chi connectivity index (χ1n) is 13.7. The average molecular weight is 548 g/mol. The maximum atomic E-state index is 10.4. The molecule has 7 rings (SSSR count). The number of aromatic nitrogens is 2. The molecular formula is C38H21N5. The van der Waals surface area contributed by atoms with Crippen LogP contribution in [0.3, 0.4) is 0 Å². The molecule has 0 saturated heterocycles. The first-order valence-corrected chi connectivity index (χ1v) is 13.7. The van der Waals surface area contributed by atoms with Crippen LogP contribution in [0.25, 0.3) is 60.9 Å². The van der Waals surface area contributed by atoms with Crippen molar-refractivity contribution >= 4 is 21.8 Å². The maximum Gasteiger partial charge on any atom is 0.0998 e. The van der Waals surface area contributed by atoms with Gasteiger partial charge in [-0.2, -0.15) is 15.8 Å². The van der Waals surface area contributed by atoms with Gasteiger partial charge in [0, 0.05) is 39.9 Å². The molecule has 0 fully saturated rings. The van der Waals surface area contributed by atoms with E-state index in [0.29, 0.717) is 16.7 Å². The average Bonchev–Trinajstić information content (AvgIpc) is 3.42. The molecule has 43 heavy (non-hydrogen) atoms. The molecule has 2 heterocycles. The highest BCUT2D eigenvalue weighted by molar-refractivity contribution is 6.14. The van der Waals surface area contributed by atoms with E-state index in [2.05, 4.69) is 64.2 Å². The van der Waals surface area contributed by atoms with Crippen LogP contribution in [-0.2, 0) is 0 Å². The number of nitrogens with zero attached hydrogens (tertiary/aromatic N) is 5. The summed E-state index contributed by atoms with van der Waals surface area (Å²) in [6.45, 7) is 0. The third kappa shape index (κ3) is 4.28. The van der Waals surface area contributed by atoms with Crippen LogP contribution < -0.4 is 0 Å². The lowest BCUT2D eigenvalue weighted by Crippen LogP contribution is -2.01.